The second-order valence-corrected chi connectivity index (χ2v) is 7.24. The summed E-state index contributed by atoms with van der Waals surface area (Å²) < 4.78 is 24.3. The number of sulfonamides is 1. The summed E-state index contributed by atoms with van der Waals surface area (Å²) in [5.41, 5.74) is 2.52. The second-order valence-electron chi connectivity index (χ2n) is 4.30. The largest absolute Gasteiger partial charge is 0.478 e. The summed E-state index contributed by atoms with van der Waals surface area (Å²) in [4.78, 5) is 12.7. The Balaban J connectivity index is 2.21. The van der Waals surface area contributed by atoms with Gasteiger partial charge < -0.3 is 10.5 Å². The smallest absolute Gasteiger partial charge is 0.335 e. The Morgan fingerprint density at radius 2 is 1.52 bits per heavy atom. The minimum absolute atomic E-state index is 0.0271. The van der Waals surface area contributed by atoms with Crippen molar-refractivity contribution in [1.29, 1.82) is 0 Å². The molecule has 2 rings (SSSR count). The first-order valence-electron chi connectivity index (χ1n) is 5.96. The molecule has 0 aliphatic heterocycles. The van der Waals surface area contributed by atoms with Crippen LogP contribution in [0.1, 0.15) is 10.4 Å². The van der Waals surface area contributed by atoms with Crippen molar-refractivity contribution < 1.29 is 18.3 Å². The Kier molecular flexibility index (Phi) is 5.38. The lowest BCUT2D eigenvalue weighted by atomic mass is 10.2. The standard InChI is InChI=1S/C13H9Cl3N2O4S/c14-8-5-10(15)12(11(16)6-8)17-18-23(21,22)9-3-1-7(2-4-9)13(19)20/h1-6,17-18H,(H,19,20). The minimum atomic E-state index is -3.95. The number of hydrazine groups is 1. The fourth-order valence-electron chi connectivity index (χ4n) is 1.62. The Morgan fingerprint density at radius 3 is 2.00 bits per heavy atom. The predicted molar refractivity (Wildman–Crippen MR) is 88.8 cm³/mol. The molecule has 0 aliphatic rings. The molecule has 0 saturated heterocycles. The molecule has 0 fully saturated rings. The first-order chi connectivity index (χ1) is 10.7. The van der Waals surface area contributed by atoms with Crippen molar-refractivity contribution in [1.82, 2.24) is 4.83 Å². The fraction of sp³-hybridized carbons (Fsp3) is 0. The highest BCUT2D eigenvalue weighted by molar-refractivity contribution is 7.89. The van der Waals surface area contributed by atoms with Crippen LogP contribution in [-0.2, 0) is 10.0 Å². The van der Waals surface area contributed by atoms with Gasteiger partial charge in [-0.3, -0.25) is 0 Å². The maximum absolute atomic E-state index is 12.1. The average molecular weight is 396 g/mol. The van der Waals surface area contributed by atoms with E-state index in [9.17, 15) is 13.2 Å². The van der Waals surface area contributed by atoms with E-state index in [1.54, 1.807) is 0 Å². The lowest BCUT2D eigenvalue weighted by Crippen LogP contribution is -2.29. The molecule has 0 aromatic heterocycles. The first-order valence-corrected chi connectivity index (χ1v) is 8.58. The minimum Gasteiger partial charge on any atom is -0.478 e. The molecule has 0 spiro atoms. The van der Waals surface area contributed by atoms with Crippen LogP contribution < -0.4 is 10.3 Å². The van der Waals surface area contributed by atoms with E-state index in [1.807, 2.05) is 0 Å². The van der Waals surface area contributed by atoms with Crippen LogP contribution in [0.25, 0.3) is 0 Å². The molecular weight excluding hydrogens is 387 g/mol. The van der Waals surface area contributed by atoms with E-state index in [1.165, 1.54) is 36.4 Å². The van der Waals surface area contributed by atoms with Crippen LogP contribution in [0.15, 0.2) is 41.3 Å². The Morgan fingerprint density at radius 1 is 1.00 bits per heavy atom. The molecular formula is C13H9Cl3N2O4S. The third-order valence-electron chi connectivity index (χ3n) is 2.73. The van der Waals surface area contributed by atoms with Gasteiger partial charge in [0.05, 0.1) is 26.2 Å². The van der Waals surface area contributed by atoms with Crippen LogP contribution in [0.3, 0.4) is 0 Å². The Labute approximate surface area is 147 Å². The van der Waals surface area contributed by atoms with Gasteiger partial charge in [0.2, 0.25) is 0 Å². The van der Waals surface area contributed by atoms with Crippen molar-refractivity contribution in [2.45, 2.75) is 4.90 Å². The zero-order valence-corrected chi connectivity index (χ0v) is 14.3. The zero-order valence-electron chi connectivity index (χ0n) is 11.2. The Hall–Kier alpha value is -1.51. The lowest BCUT2D eigenvalue weighted by molar-refractivity contribution is 0.0696. The second kappa shape index (κ2) is 6.94. The molecule has 0 radical (unpaired) electrons. The number of rotatable bonds is 5. The summed E-state index contributed by atoms with van der Waals surface area (Å²) in [6.07, 6.45) is 0. The van der Waals surface area contributed by atoms with Gasteiger partial charge in [0.15, 0.2) is 0 Å². The van der Waals surface area contributed by atoms with E-state index in [-0.39, 0.29) is 26.2 Å². The highest BCUT2D eigenvalue weighted by Gasteiger charge is 2.16. The molecule has 3 N–H and O–H groups in total. The van der Waals surface area contributed by atoms with E-state index in [0.717, 1.165) is 0 Å². The summed E-state index contributed by atoms with van der Waals surface area (Å²) in [5.74, 6) is -1.15. The predicted octanol–water partition coefficient (Wildman–Crippen LogP) is 3.65. The molecule has 0 saturated carbocycles. The van der Waals surface area contributed by atoms with E-state index < -0.39 is 16.0 Å². The topological polar surface area (TPSA) is 95.5 Å². The van der Waals surface area contributed by atoms with E-state index in [0.29, 0.717) is 5.02 Å². The highest BCUT2D eigenvalue weighted by Crippen LogP contribution is 2.33. The average Bonchev–Trinajstić information content (AvgIpc) is 2.46. The van der Waals surface area contributed by atoms with Crippen LogP contribution in [0.2, 0.25) is 15.1 Å². The van der Waals surface area contributed by atoms with Gasteiger partial charge in [-0.25, -0.2) is 13.2 Å². The van der Waals surface area contributed by atoms with Crippen molar-refractivity contribution in [3.8, 4) is 0 Å². The lowest BCUT2D eigenvalue weighted by Gasteiger charge is -2.12. The van der Waals surface area contributed by atoms with Crippen LogP contribution in [0.5, 0.6) is 0 Å². The quantitative estimate of drug-likeness (QED) is 0.672. The number of anilines is 1. The highest BCUT2D eigenvalue weighted by atomic mass is 35.5. The number of hydrogen-bond acceptors (Lipinski definition) is 4. The normalized spacial score (nSPS) is 11.3. The number of nitrogens with one attached hydrogen (secondary N) is 2. The summed E-state index contributed by atoms with van der Waals surface area (Å²) in [7, 11) is -3.95. The number of hydrogen-bond donors (Lipinski definition) is 3. The van der Waals surface area contributed by atoms with Crippen molar-refractivity contribution in [3.63, 3.8) is 0 Å². The maximum Gasteiger partial charge on any atom is 0.335 e. The number of halogens is 3. The van der Waals surface area contributed by atoms with Crippen LogP contribution in [-0.4, -0.2) is 19.5 Å². The molecule has 6 nitrogen and oxygen atoms in total. The summed E-state index contributed by atoms with van der Waals surface area (Å²) in [5, 5.41) is 9.36. The molecule has 10 heteroatoms. The zero-order chi connectivity index (χ0) is 17.2. The monoisotopic (exact) mass is 394 g/mol. The molecule has 2 aromatic carbocycles. The molecule has 0 heterocycles. The molecule has 0 unspecified atom stereocenters. The number of carboxylic acid groups (broad SMARTS) is 1. The fourth-order valence-corrected chi connectivity index (χ4v) is 3.38. The molecule has 0 atom stereocenters. The van der Waals surface area contributed by atoms with Gasteiger partial charge in [-0.05, 0) is 36.4 Å². The first kappa shape index (κ1) is 17.8. The van der Waals surface area contributed by atoms with Gasteiger partial charge in [-0.2, -0.15) is 0 Å². The van der Waals surface area contributed by atoms with Gasteiger partial charge in [-0.15, -0.1) is 4.83 Å². The SMILES string of the molecule is O=C(O)c1ccc(S(=O)(=O)NNc2c(Cl)cc(Cl)cc2Cl)cc1. The van der Waals surface area contributed by atoms with Gasteiger partial charge >= 0.3 is 5.97 Å². The molecule has 122 valence electrons. The van der Waals surface area contributed by atoms with Crippen LogP contribution >= 0.6 is 34.8 Å². The van der Waals surface area contributed by atoms with Crippen molar-refractivity contribution in [2.24, 2.45) is 0 Å². The van der Waals surface area contributed by atoms with Crippen molar-refractivity contribution in [3.05, 3.63) is 57.0 Å². The summed E-state index contributed by atoms with van der Waals surface area (Å²) in [6, 6.07) is 7.48. The van der Waals surface area contributed by atoms with E-state index in [4.69, 9.17) is 39.9 Å². The van der Waals surface area contributed by atoms with Crippen LogP contribution in [0, 0.1) is 0 Å². The third kappa shape index (κ3) is 4.27. The molecule has 0 bridgehead atoms. The van der Waals surface area contributed by atoms with E-state index in [2.05, 4.69) is 10.3 Å². The molecule has 0 amide bonds. The van der Waals surface area contributed by atoms with Gasteiger partial charge in [0.1, 0.15) is 0 Å². The summed E-state index contributed by atoms with van der Waals surface area (Å²) >= 11 is 17.6. The van der Waals surface area contributed by atoms with Crippen molar-refractivity contribution >= 4 is 56.5 Å². The van der Waals surface area contributed by atoms with Gasteiger partial charge in [-0.1, -0.05) is 34.8 Å². The number of aromatic carboxylic acids is 1. The van der Waals surface area contributed by atoms with Gasteiger partial charge in [0.25, 0.3) is 10.0 Å². The third-order valence-corrected chi connectivity index (χ3v) is 4.81. The van der Waals surface area contributed by atoms with Gasteiger partial charge in [0, 0.05) is 5.02 Å². The number of benzene rings is 2. The molecule has 0 aliphatic carbocycles. The van der Waals surface area contributed by atoms with E-state index >= 15 is 0 Å². The molecule has 2 aromatic rings. The summed E-state index contributed by atoms with van der Waals surface area (Å²) in [6.45, 7) is 0. The maximum atomic E-state index is 12.1. The van der Waals surface area contributed by atoms with Crippen LogP contribution in [0.4, 0.5) is 5.69 Å². The number of carboxylic acids is 1. The number of carbonyl (C=O) groups is 1. The van der Waals surface area contributed by atoms with Crippen molar-refractivity contribution in [2.75, 3.05) is 5.43 Å². The molecule has 23 heavy (non-hydrogen) atoms. The Bertz CT molecular complexity index is 831.